The van der Waals surface area contributed by atoms with E-state index in [1.54, 1.807) is 0 Å². The van der Waals surface area contributed by atoms with Crippen molar-refractivity contribution in [1.82, 2.24) is 15.1 Å². The number of hydrogen-bond donors (Lipinski definition) is 2. The van der Waals surface area contributed by atoms with Gasteiger partial charge in [-0.05, 0) is 50.5 Å². The number of dihydropyridines is 1. The van der Waals surface area contributed by atoms with Crippen molar-refractivity contribution >= 4 is 17.6 Å². The molecule has 3 heterocycles. The fourth-order valence-electron chi connectivity index (χ4n) is 5.41. The van der Waals surface area contributed by atoms with Crippen LogP contribution in [0.5, 0.6) is 0 Å². The van der Waals surface area contributed by atoms with Crippen LogP contribution < -0.4 is 11.1 Å². The number of allylic oxidation sites excluding steroid dienone is 3. The summed E-state index contributed by atoms with van der Waals surface area (Å²) in [6.45, 7) is 2.26. The summed E-state index contributed by atoms with van der Waals surface area (Å²) in [4.78, 5) is 34.6. The second-order valence-electron chi connectivity index (χ2n) is 10.2. The van der Waals surface area contributed by atoms with E-state index in [1.807, 2.05) is 22.0 Å². The summed E-state index contributed by atoms with van der Waals surface area (Å²) in [6, 6.07) is 0.181. The molecule has 32 heavy (non-hydrogen) atoms. The molecule has 0 aromatic rings. The van der Waals surface area contributed by atoms with Crippen LogP contribution in [0.25, 0.3) is 0 Å². The Morgan fingerprint density at radius 2 is 2.09 bits per heavy atom. The normalized spacial score (nSPS) is 32.7. The molecule has 6 aliphatic rings. The van der Waals surface area contributed by atoms with Gasteiger partial charge < -0.3 is 16.0 Å². The van der Waals surface area contributed by atoms with E-state index in [2.05, 4.69) is 29.6 Å². The van der Waals surface area contributed by atoms with Crippen LogP contribution >= 0.6 is 0 Å². The van der Waals surface area contributed by atoms with Crippen molar-refractivity contribution in [3.63, 3.8) is 0 Å². The average Bonchev–Trinajstić information content (AvgIpc) is 3.72. The van der Waals surface area contributed by atoms with E-state index in [1.165, 1.54) is 0 Å². The molecule has 0 bridgehead atoms. The smallest absolute Gasteiger partial charge is 0.256 e. The Morgan fingerprint density at radius 1 is 1.25 bits per heavy atom. The minimum Gasteiger partial charge on any atom is -0.386 e. The first-order chi connectivity index (χ1) is 15.5. The summed E-state index contributed by atoms with van der Waals surface area (Å²) in [5.74, 6) is 2.91. The van der Waals surface area contributed by atoms with Gasteiger partial charge in [0.1, 0.15) is 11.4 Å². The molecule has 1 spiro atoms. The number of likely N-dealkylation sites (tertiary alicyclic amines) is 1. The molecule has 7 heteroatoms. The molecule has 0 radical (unpaired) electrons. The first kappa shape index (κ1) is 19.8. The lowest BCUT2D eigenvalue weighted by Gasteiger charge is -2.28. The number of aliphatic imine (C=N–C) groups is 1. The van der Waals surface area contributed by atoms with Gasteiger partial charge in [0, 0.05) is 37.0 Å². The Kier molecular flexibility index (Phi) is 4.56. The molecule has 3 aliphatic heterocycles. The Balaban J connectivity index is 1.14. The highest BCUT2D eigenvalue weighted by Crippen LogP contribution is 2.46. The van der Waals surface area contributed by atoms with Crippen molar-refractivity contribution in [3.05, 3.63) is 47.9 Å². The number of carbonyl (C=O) groups excluding carboxylic acids is 2. The summed E-state index contributed by atoms with van der Waals surface area (Å²) >= 11 is 0. The van der Waals surface area contributed by atoms with Crippen molar-refractivity contribution in [1.29, 1.82) is 0 Å². The lowest BCUT2D eigenvalue weighted by molar-refractivity contribution is -0.131. The fraction of sp³-hybridized carbons (Fsp3) is 0.560. The monoisotopic (exact) mass is 433 g/mol. The average molecular weight is 434 g/mol. The first-order valence-electron chi connectivity index (χ1n) is 12.0. The quantitative estimate of drug-likeness (QED) is 0.692. The molecule has 2 unspecified atom stereocenters. The third-order valence-corrected chi connectivity index (χ3v) is 7.69. The highest BCUT2D eigenvalue weighted by molar-refractivity contribution is 6.17. The standard InChI is InChI=1S/C25H31N5O2/c26-21-3-1-2-20(27-21)17-4-6-18(7-5-17)22-28-25(11-12-25)24(32)30(22)15-16-10-13-29(14-16)23(31)19-8-9-19/h1-4,6-7,16-17,19-20,27H,5,8-15,26H2/t16-,17?,20?/m1/s1. The van der Waals surface area contributed by atoms with E-state index in [0.29, 0.717) is 30.1 Å². The molecule has 0 aromatic heterocycles. The lowest BCUT2D eigenvalue weighted by Crippen LogP contribution is -2.41. The Bertz CT molecular complexity index is 998. The van der Waals surface area contributed by atoms with Gasteiger partial charge in [-0.2, -0.15) is 0 Å². The Labute approximate surface area is 188 Å². The topological polar surface area (TPSA) is 91.0 Å². The largest absolute Gasteiger partial charge is 0.386 e. The maximum absolute atomic E-state index is 13.3. The second kappa shape index (κ2) is 7.36. The SMILES string of the molecule is NC1=CC=CC(C2C=CC(C3=NC4(CC4)C(=O)N3C[C@@H]3CCN(C(=O)C4CC4)C3)=CC2)N1. The molecular weight excluding hydrogens is 402 g/mol. The van der Waals surface area contributed by atoms with Crippen LogP contribution in [0.1, 0.15) is 38.5 Å². The maximum atomic E-state index is 13.3. The van der Waals surface area contributed by atoms with Gasteiger partial charge in [-0.3, -0.25) is 19.5 Å². The summed E-state index contributed by atoms with van der Waals surface area (Å²) in [6.07, 6.45) is 18.2. The number of nitrogens with two attached hydrogens (primary N) is 1. The minimum absolute atomic E-state index is 0.158. The Hall–Kier alpha value is -2.83. The zero-order valence-electron chi connectivity index (χ0n) is 18.4. The van der Waals surface area contributed by atoms with Crippen LogP contribution in [0.4, 0.5) is 0 Å². The van der Waals surface area contributed by atoms with Gasteiger partial charge in [-0.15, -0.1) is 0 Å². The van der Waals surface area contributed by atoms with Crippen LogP contribution in [-0.2, 0) is 9.59 Å². The number of rotatable bonds is 5. The van der Waals surface area contributed by atoms with Crippen LogP contribution in [0.2, 0.25) is 0 Å². The Morgan fingerprint density at radius 3 is 2.78 bits per heavy atom. The van der Waals surface area contributed by atoms with Crippen molar-refractivity contribution in [2.75, 3.05) is 19.6 Å². The predicted octanol–water partition coefficient (Wildman–Crippen LogP) is 1.85. The molecule has 3 fully saturated rings. The molecule has 1 saturated heterocycles. The van der Waals surface area contributed by atoms with Gasteiger partial charge in [-0.25, -0.2) is 0 Å². The van der Waals surface area contributed by atoms with Crippen molar-refractivity contribution in [2.45, 2.75) is 50.1 Å². The van der Waals surface area contributed by atoms with E-state index in [0.717, 1.165) is 63.0 Å². The van der Waals surface area contributed by atoms with E-state index in [9.17, 15) is 9.59 Å². The third-order valence-electron chi connectivity index (χ3n) is 7.69. The number of nitrogens with zero attached hydrogens (tertiary/aromatic N) is 3. The van der Waals surface area contributed by atoms with Gasteiger partial charge in [0.15, 0.2) is 0 Å². The van der Waals surface area contributed by atoms with E-state index >= 15 is 0 Å². The molecule has 3 atom stereocenters. The summed E-state index contributed by atoms with van der Waals surface area (Å²) < 4.78 is 0. The number of hydrogen-bond acceptors (Lipinski definition) is 5. The van der Waals surface area contributed by atoms with Gasteiger partial charge >= 0.3 is 0 Å². The van der Waals surface area contributed by atoms with Crippen LogP contribution in [0.3, 0.4) is 0 Å². The van der Waals surface area contributed by atoms with Gasteiger partial charge in [0.05, 0.1) is 11.9 Å². The van der Waals surface area contributed by atoms with Gasteiger partial charge in [0.25, 0.3) is 5.91 Å². The number of nitrogens with one attached hydrogen (secondary N) is 1. The molecule has 6 rings (SSSR count). The predicted molar refractivity (Wildman–Crippen MR) is 122 cm³/mol. The fourth-order valence-corrected chi connectivity index (χ4v) is 5.41. The van der Waals surface area contributed by atoms with E-state index in [-0.39, 0.29) is 17.9 Å². The lowest BCUT2D eigenvalue weighted by atomic mass is 9.88. The molecule has 2 amide bonds. The van der Waals surface area contributed by atoms with Crippen LogP contribution in [-0.4, -0.2) is 58.7 Å². The molecule has 0 aromatic carbocycles. The zero-order chi connectivity index (χ0) is 21.9. The second-order valence-corrected chi connectivity index (χ2v) is 10.2. The third kappa shape index (κ3) is 3.48. The van der Waals surface area contributed by atoms with Crippen LogP contribution in [0.15, 0.2) is 52.8 Å². The molecule has 2 saturated carbocycles. The maximum Gasteiger partial charge on any atom is 0.256 e. The number of amidine groups is 1. The first-order valence-corrected chi connectivity index (χ1v) is 12.0. The molecule has 7 nitrogen and oxygen atoms in total. The minimum atomic E-state index is -0.504. The summed E-state index contributed by atoms with van der Waals surface area (Å²) in [5, 5.41) is 3.33. The molecule has 3 N–H and O–H groups in total. The zero-order valence-corrected chi connectivity index (χ0v) is 18.4. The molecule has 3 aliphatic carbocycles. The highest BCUT2D eigenvalue weighted by Gasteiger charge is 2.57. The summed E-state index contributed by atoms with van der Waals surface area (Å²) in [7, 11) is 0. The molecular formula is C25H31N5O2. The van der Waals surface area contributed by atoms with Crippen molar-refractivity contribution < 1.29 is 9.59 Å². The van der Waals surface area contributed by atoms with Crippen molar-refractivity contribution in [3.8, 4) is 0 Å². The highest BCUT2D eigenvalue weighted by atomic mass is 16.2. The molecule has 168 valence electrons. The summed E-state index contributed by atoms with van der Waals surface area (Å²) in [5.41, 5.74) is 6.47. The van der Waals surface area contributed by atoms with E-state index in [4.69, 9.17) is 10.7 Å². The number of amides is 2. The van der Waals surface area contributed by atoms with Crippen molar-refractivity contribution in [2.24, 2.45) is 28.5 Å². The number of carbonyl (C=O) groups is 2. The van der Waals surface area contributed by atoms with Gasteiger partial charge in [0.2, 0.25) is 5.91 Å². The van der Waals surface area contributed by atoms with Gasteiger partial charge in [-0.1, -0.05) is 30.4 Å². The van der Waals surface area contributed by atoms with Crippen LogP contribution in [0, 0.1) is 17.8 Å². The van der Waals surface area contributed by atoms with E-state index < -0.39 is 5.54 Å².